The second-order valence-electron chi connectivity index (χ2n) is 5.99. The van der Waals surface area contributed by atoms with Crippen molar-refractivity contribution in [3.8, 4) is 5.75 Å². The van der Waals surface area contributed by atoms with E-state index in [-0.39, 0.29) is 11.8 Å². The van der Waals surface area contributed by atoms with Gasteiger partial charge in [-0.1, -0.05) is 42.5 Å². The van der Waals surface area contributed by atoms with Crippen molar-refractivity contribution in [3.63, 3.8) is 0 Å². The third-order valence-corrected chi connectivity index (χ3v) is 4.18. The summed E-state index contributed by atoms with van der Waals surface area (Å²) in [7, 11) is -1.98. The fraction of sp³-hybridized carbons (Fsp3) is 0.316. The number of carbonyl (C=O) groups is 1. The molecule has 0 spiro atoms. The van der Waals surface area contributed by atoms with Crippen LogP contribution in [0.25, 0.3) is 0 Å². The number of amides is 2. The van der Waals surface area contributed by atoms with Gasteiger partial charge in [0, 0.05) is 26.7 Å². The van der Waals surface area contributed by atoms with Gasteiger partial charge in [0.25, 0.3) is 0 Å². The number of nitrogens with zero attached hydrogens (tertiary/aromatic N) is 1. The standard InChI is InChI=1S/C19H24N2O5S/c1-25-13-12-21(19(22)20-14-16-6-4-3-5-7-16)15-17-8-10-18(11-9-17)26-27(2,23)24/h3-11H,12-15H2,1-2H3,(H,20,22). The molecule has 0 radical (unpaired) electrons. The molecule has 2 rings (SSSR count). The number of hydrogen-bond acceptors (Lipinski definition) is 5. The summed E-state index contributed by atoms with van der Waals surface area (Å²) in [5.74, 6) is 0.234. The highest BCUT2D eigenvalue weighted by Gasteiger charge is 2.14. The van der Waals surface area contributed by atoms with E-state index in [4.69, 9.17) is 8.92 Å². The number of urea groups is 1. The topological polar surface area (TPSA) is 84.9 Å². The molecule has 0 aliphatic carbocycles. The Kier molecular flexibility index (Phi) is 7.63. The molecule has 0 aromatic heterocycles. The van der Waals surface area contributed by atoms with E-state index < -0.39 is 10.1 Å². The molecule has 2 amide bonds. The highest BCUT2D eigenvalue weighted by atomic mass is 32.2. The molecule has 1 N–H and O–H groups in total. The van der Waals surface area contributed by atoms with Crippen molar-refractivity contribution in [2.45, 2.75) is 13.1 Å². The number of methoxy groups -OCH3 is 1. The lowest BCUT2D eigenvalue weighted by atomic mass is 10.2. The number of nitrogens with one attached hydrogen (secondary N) is 1. The summed E-state index contributed by atoms with van der Waals surface area (Å²) >= 11 is 0. The molecule has 0 aliphatic heterocycles. The van der Waals surface area contributed by atoms with Crippen molar-refractivity contribution in [1.82, 2.24) is 10.2 Å². The highest BCUT2D eigenvalue weighted by Crippen LogP contribution is 2.15. The fourth-order valence-corrected chi connectivity index (χ4v) is 2.85. The summed E-state index contributed by atoms with van der Waals surface area (Å²) in [5.41, 5.74) is 1.86. The lowest BCUT2D eigenvalue weighted by Crippen LogP contribution is -2.40. The average molecular weight is 392 g/mol. The Morgan fingerprint density at radius 1 is 1.04 bits per heavy atom. The smallest absolute Gasteiger partial charge is 0.318 e. The van der Waals surface area contributed by atoms with Crippen LogP contribution in [0.4, 0.5) is 4.79 Å². The summed E-state index contributed by atoms with van der Waals surface area (Å²) in [6.45, 7) is 1.64. The number of hydrogen-bond donors (Lipinski definition) is 1. The van der Waals surface area contributed by atoms with Gasteiger partial charge in [0.2, 0.25) is 0 Å². The van der Waals surface area contributed by atoms with Crippen LogP contribution < -0.4 is 9.50 Å². The first-order valence-electron chi connectivity index (χ1n) is 8.41. The van der Waals surface area contributed by atoms with E-state index in [0.717, 1.165) is 17.4 Å². The molecule has 0 bridgehead atoms. The molecule has 2 aromatic rings. The Morgan fingerprint density at radius 3 is 2.30 bits per heavy atom. The van der Waals surface area contributed by atoms with Crippen LogP contribution in [0.1, 0.15) is 11.1 Å². The van der Waals surface area contributed by atoms with Gasteiger partial charge in [-0.3, -0.25) is 0 Å². The molecule has 0 atom stereocenters. The van der Waals surface area contributed by atoms with Crippen LogP contribution in [0.2, 0.25) is 0 Å². The van der Waals surface area contributed by atoms with Gasteiger partial charge >= 0.3 is 16.1 Å². The zero-order valence-electron chi connectivity index (χ0n) is 15.4. The lowest BCUT2D eigenvalue weighted by Gasteiger charge is -2.23. The Morgan fingerprint density at radius 2 is 1.70 bits per heavy atom. The van der Waals surface area contributed by atoms with E-state index in [1.54, 1.807) is 36.3 Å². The highest BCUT2D eigenvalue weighted by molar-refractivity contribution is 7.86. The van der Waals surface area contributed by atoms with Crippen LogP contribution in [-0.4, -0.2) is 45.9 Å². The Bertz CT molecular complexity index is 823. The van der Waals surface area contributed by atoms with Gasteiger partial charge in [-0.2, -0.15) is 8.42 Å². The van der Waals surface area contributed by atoms with Crippen LogP contribution in [0.15, 0.2) is 54.6 Å². The number of rotatable bonds is 9. The normalized spacial score (nSPS) is 11.0. The summed E-state index contributed by atoms with van der Waals surface area (Å²) in [6, 6.07) is 16.0. The fourth-order valence-electron chi connectivity index (χ4n) is 2.38. The van der Waals surface area contributed by atoms with E-state index in [2.05, 4.69) is 5.32 Å². The first-order valence-corrected chi connectivity index (χ1v) is 10.2. The van der Waals surface area contributed by atoms with Crippen molar-refractivity contribution < 1.29 is 22.1 Å². The van der Waals surface area contributed by atoms with Crippen molar-refractivity contribution in [2.24, 2.45) is 0 Å². The van der Waals surface area contributed by atoms with Gasteiger partial charge in [-0.15, -0.1) is 0 Å². The number of benzene rings is 2. The predicted octanol–water partition coefficient (Wildman–Crippen LogP) is 2.38. The van der Waals surface area contributed by atoms with Gasteiger partial charge in [0.15, 0.2) is 0 Å². The Labute approximate surface area is 160 Å². The van der Waals surface area contributed by atoms with Crippen molar-refractivity contribution in [1.29, 1.82) is 0 Å². The minimum absolute atomic E-state index is 0.202. The molecule has 0 saturated carbocycles. The molecule has 0 unspecified atom stereocenters. The zero-order chi connectivity index (χ0) is 19.7. The van der Waals surface area contributed by atoms with Crippen LogP contribution in [0.3, 0.4) is 0 Å². The molecule has 7 nitrogen and oxygen atoms in total. The maximum Gasteiger partial charge on any atom is 0.318 e. The third kappa shape index (κ3) is 7.67. The second-order valence-corrected chi connectivity index (χ2v) is 7.56. The van der Waals surface area contributed by atoms with Crippen LogP contribution in [-0.2, 0) is 27.9 Å². The molecule has 0 saturated heterocycles. The van der Waals surface area contributed by atoms with Gasteiger partial charge in [-0.25, -0.2) is 4.79 Å². The molecule has 2 aromatic carbocycles. The van der Waals surface area contributed by atoms with E-state index in [0.29, 0.717) is 26.2 Å². The minimum Gasteiger partial charge on any atom is -0.383 e. The lowest BCUT2D eigenvalue weighted by molar-refractivity contribution is 0.146. The average Bonchev–Trinajstić information content (AvgIpc) is 2.64. The predicted molar refractivity (Wildman–Crippen MR) is 103 cm³/mol. The third-order valence-electron chi connectivity index (χ3n) is 3.68. The Hall–Kier alpha value is -2.58. The number of carbonyl (C=O) groups excluding carboxylic acids is 1. The van der Waals surface area contributed by atoms with E-state index in [1.165, 1.54) is 0 Å². The second kappa shape index (κ2) is 9.94. The monoisotopic (exact) mass is 392 g/mol. The molecule has 0 aliphatic rings. The number of ether oxygens (including phenoxy) is 1. The van der Waals surface area contributed by atoms with Gasteiger partial charge < -0.3 is 19.1 Å². The van der Waals surface area contributed by atoms with Gasteiger partial charge in [0.05, 0.1) is 12.9 Å². The Balaban J connectivity index is 1.99. The summed E-state index contributed by atoms with van der Waals surface area (Å²) in [6.07, 6.45) is 0.991. The molecule has 8 heteroatoms. The van der Waals surface area contributed by atoms with Gasteiger partial charge in [-0.05, 0) is 23.3 Å². The summed E-state index contributed by atoms with van der Waals surface area (Å²) < 4.78 is 32.2. The molecule has 146 valence electrons. The van der Waals surface area contributed by atoms with Crippen LogP contribution in [0.5, 0.6) is 5.75 Å². The SMILES string of the molecule is COCCN(Cc1ccc(OS(C)(=O)=O)cc1)C(=O)NCc1ccccc1. The van der Waals surface area contributed by atoms with E-state index in [1.807, 2.05) is 30.3 Å². The summed E-state index contributed by atoms with van der Waals surface area (Å²) in [4.78, 5) is 14.2. The van der Waals surface area contributed by atoms with Crippen molar-refractivity contribution >= 4 is 16.1 Å². The molecule has 0 fully saturated rings. The van der Waals surface area contributed by atoms with Crippen LogP contribution >= 0.6 is 0 Å². The first kappa shape index (κ1) is 20.7. The van der Waals surface area contributed by atoms with Crippen LogP contribution in [0, 0.1) is 0 Å². The molecule has 0 heterocycles. The quantitative estimate of drug-likeness (QED) is 0.663. The molecule has 27 heavy (non-hydrogen) atoms. The zero-order valence-corrected chi connectivity index (χ0v) is 16.2. The van der Waals surface area contributed by atoms with Crippen molar-refractivity contribution in [3.05, 3.63) is 65.7 Å². The maximum atomic E-state index is 12.5. The maximum absolute atomic E-state index is 12.5. The summed E-state index contributed by atoms with van der Waals surface area (Å²) in [5, 5.41) is 2.90. The van der Waals surface area contributed by atoms with Gasteiger partial charge in [0.1, 0.15) is 5.75 Å². The minimum atomic E-state index is -3.56. The van der Waals surface area contributed by atoms with E-state index in [9.17, 15) is 13.2 Å². The van der Waals surface area contributed by atoms with E-state index >= 15 is 0 Å². The first-order chi connectivity index (χ1) is 12.9. The molecular formula is C19H24N2O5S. The largest absolute Gasteiger partial charge is 0.383 e. The van der Waals surface area contributed by atoms with Crippen molar-refractivity contribution in [2.75, 3.05) is 26.5 Å². The molecular weight excluding hydrogens is 368 g/mol.